The third-order valence-electron chi connectivity index (χ3n) is 2.06. The first kappa shape index (κ1) is 11.5. The maximum Gasteiger partial charge on any atom is -0.0127 e. The van der Waals surface area contributed by atoms with Gasteiger partial charge in [-0.3, -0.25) is 0 Å². The van der Waals surface area contributed by atoms with Gasteiger partial charge in [0.25, 0.3) is 0 Å². The summed E-state index contributed by atoms with van der Waals surface area (Å²) in [6, 6.07) is 0. The van der Waals surface area contributed by atoms with Crippen molar-refractivity contribution in [2.75, 3.05) is 0 Å². The van der Waals surface area contributed by atoms with E-state index in [1.54, 1.807) is 11.1 Å². The Labute approximate surface area is 77.4 Å². The normalized spacial score (nSPS) is 15.7. The second-order valence-corrected chi connectivity index (χ2v) is 2.63. The van der Waals surface area contributed by atoms with Crippen LogP contribution in [0.4, 0.5) is 0 Å². The van der Waals surface area contributed by atoms with Crippen LogP contribution in [0, 0.1) is 6.42 Å². The van der Waals surface area contributed by atoms with Gasteiger partial charge in [0.2, 0.25) is 0 Å². The average molecular weight is 165 g/mol. The molecule has 0 aromatic rings. The van der Waals surface area contributed by atoms with Crippen molar-refractivity contribution in [3.05, 3.63) is 29.7 Å². The van der Waals surface area contributed by atoms with Crippen molar-refractivity contribution in [3.63, 3.8) is 0 Å². The summed E-state index contributed by atoms with van der Waals surface area (Å²) < 4.78 is 0. The quantitative estimate of drug-likeness (QED) is 0.572. The van der Waals surface area contributed by atoms with E-state index in [1.807, 2.05) is 13.8 Å². The Morgan fingerprint density at radius 1 is 1.17 bits per heavy atom. The van der Waals surface area contributed by atoms with E-state index in [4.69, 9.17) is 0 Å². The Bertz CT molecular complexity index is 161. The van der Waals surface area contributed by atoms with E-state index < -0.39 is 0 Å². The van der Waals surface area contributed by atoms with Crippen LogP contribution in [0.3, 0.4) is 0 Å². The van der Waals surface area contributed by atoms with Crippen molar-refractivity contribution in [2.24, 2.45) is 0 Å². The third-order valence-corrected chi connectivity index (χ3v) is 2.06. The van der Waals surface area contributed by atoms with Crippen molar-refractivity contribution in [2.45, 2.75) is 47.0 Å². The van der Waals surface area contributed by atoms with Crippen LogP contribution in [-0.2, 0) is 0 Å². The zero-order valence-corrected chi connectivity index (χ0v) is 8.85. The lowest BCUT2D eigenvalue weighted by molar-refractivity contribution is 0.935. The van der Waals surface area contributed by atoms with Gasteiger partial charge >= 0.3 is 0 Å². The summed E-state index contributed by atoms with van der Waals surface area (Å²) in [6.07, 6.45) is 10.2. The van der Waals surface area contributed by atoms with Gasteiger partial charge in [-0.25, -0.2) is 0 Å². The van der Waals surface area contributed by atoms with E-state index >= 15 is 0 Å². The number of hydrogen-bond donors (Lipinski definition) is 0. The van der Waals surface area contributed by atoms with Crippen molar-refractivity contribution in [1.29, 1.82) is 0 Å². The summed E-state index contributed by atoms with van der Waals surface area (Å²) in [5.41, 5.74) is 3.16. The van der Waals surface area contributed by atoms with Crippen molar-refractivity contribution in [1.82, 2.24) is 0 Å². The van der Waals surface area contributed by atoms with Crippen LogP contribution in [0.25, 0.3) is 0 Å². The maximum atomic E-state index is 2.24. The minimum Gasteiger partial charge on any atom is -0.0802 e. The first-order valence-corrected chi connectivity index (χ1v) is 5.09. The molecule has 1 rings (SSSR count). The van der Waals surface area contributed by atoms with Crippen LogP contribution >= 0.6 is 0 Å². The smallest absolute Gasteiger partial charge is 0.0127 e. The van der Waals surface area contributed by atoms with Crippen molar-refractivity contribution < 1.29 is 0 Å². The Balaban J connectivity index is 0.000000561. The molecular weight excluding hydrogens is 144 g/mol. The summed E-state index contributed by atoms with van der Waals surface area (Å²) in [6.45, 7) is 8.46. The summed E-state index contributed by atoms with van der Waals surface area (Å²) in [5.74, 6) is 0. The monoisotopic (exact) mass is 165 g/mol. The van der Waals surface area contributed by atoms with Crippen LogP contribution in [0.5, 0.6) is 0 Å². The number of rotatable bonds is 2. The van der Waals surface area contributed by atoms with Gasteiger partial charge in [-0.1, -0.05) is 45.4 Å². The summed E-state index contributed by atoms with van der Waals surface area (Å²) >= 11 is 0. The lowest BCUT2D eigenvalue weighted by Crippen LogP contribution is -1.92. The molecule has 0 N–H and O–H groups in total. The fourth-order valence-corrected chi connectivity index (χ4v) is 1.38. The molecule has 0 fully saturated rings. The predicted molar refractivity (Wildman–Crippen MR) is 57.0 cm³/mol. The van der Waals surface area contributed by atoms with Gasteiger partial charge < -0.3 is 0 Å². The third kappa shape index (κ3) is 3.25. The van der Waals surface area contributed by atoms with Crippen LogP contribution in [0.1, 0.15) is 47.0 Å². The topological polar surface area (TPSA) is 0 Å². The molecule has 1 aliphatic rings. The molecule has 0 heterocycles. The second kappa shape index (κ2) is 7.15. The lowest BCUT2D eigenvalue weighted by Gasteiger charge is -2.12. The largest absolute Gasteiger partial charge is 0.0802 e. The SMILES string of the molecule is CC.CCC1=C(CC)C[CH]C=C1. The molecule has 12 heavy (non-hydrogen) atoms. The summed E-state index contributed by atoms with van der Waals surface area (Å²) in [5, 5.41) is 0. The van der Waals surface area contributed by atoms with Gasteiger partial charge in [0.15, 0.2) is 0 Å². The summed E-state index contributed by atoms with van der Waals surface area (Å²) in [4.78, 5) is 0. The molecule has 0 saturated carbocycles. The molecule has 0 amide bonds. The molecule has 0 aromatic heterocycles. The van der Waals surface area contributed by atoms with E-state index in [2.05, 4.69) is 32.4 Å². The minimum atomic E-state index is 1.18. The van der Waals surface area contributed by atoms with Crippen molar-refractivity contribution in [3.8, 4) is 0 Å². The molecule has 0 aromatic carbocycles. The van der Waals surface area contributed by atoms with Gasteiger partial charge in [-0.05, 0) is 31.3 Å². The molecule has 0 spiro atoms. The van der Waals surface area contributed by atoms with Crippen LogP contribution in [0.15, 0.2) is 23.3 Å². The molecule has 0 unspecified atom stereocenters. The maximum absolute atomic E-state index is 2.24. The standard InChI is InChI=1S/C10H15.C2H6/c1-3-9-7-5-6-8-10(9)4-2;1-2/h5-7H,3-4,8H2,1-2H3;1-2H3. The average Bonchev–Trinajstić information content (AvgIpc) is 2.20. The first-order valence-electron chi connectivity index (χ1n) is 5.09. The lowest BCUT2D eigenvalue weighted by atomic mass is 9.94. The Kier molecular flexibility index (Phi) is 6.84. The highest BCUT2D eigenvalue weighted by molar-refractivity contribution is 5.32. The Morgan fingerprint density at radius 2 is 1.83 bits per heavy atom. The number of allylic oxidation sites excluding steroid dienone is 4. The predicted octanol–water partition coefficient (Wildman–Crippen LogP) is 4.29. The van der Waals surface area contributed by atoms with E-state index in [0.29, 0.717) is 0 Å². The zero-order valence-electron chi connectivity index (χ0n) is 8.85. The highest BCUT2D eigenvalue weighted by atomic mass is 14.1. The zero-order chi connectivity index (χ0) is 9.40. The molecule has 0 bridgehead atoms. The first-order chi connectivity index (χ1) is 5.88. The summed E-state index contributed by atoms with van der Waals surface area (Å²) in [7, 11) is 0. The minimum absolute atomic E-state index is 1.18. The van der Waals surface area contributed by atoms with E-state index in [0.717, 1.165) is 0 Å². The molecule has 69 valence electrons. The van der Waals surface area contributed by atoms with Gasteiger partial charge in [-0.2, -0.15) is 0 Å². The molecule has 0 atom stereocenters. The fourth-order valence-electron chi connectivity index (χ4n) is 1.38. The molecule has 0 heteroatoms. The number of hydrogen-bond acceptors (Lipinski definition) is 0. The van der Waals surface area contributed by atoms with E-state index in [9.17, 15) is 0 Å². The Morgan fingerprint density at radius 3 is 2.25 bits per heavy atom. The van der Waals surface area contributed by atoms with Gasteiger partial charge in [0.05, 0.1) is 0 Å². The molecule has 1 radical (unpaired) electrons. The fraction of sp³-hybridized carbons (Fsp3) is 0.583. The molecule has 0 aliphatic heterocycles. The Hall–Kier alpha value is -0.520. The van der Waals surface area contributed by atoms with E-state index in [1.165, 1.54) is 19.3 Å². The molecular formula is C12H21. The van der Waals surface area contributed by atoms with Crippen LogP contribution < -0.4 is 0 Å². The molecule has 0 saturated heterocycles. The van der Waals surface area contributed by atoms with Gasteiger partial charge in [0, 0.05) is 0 Å². The van der Waals surface area contributed by atoms with Crippen LogP contribution in [0.2, 0.25) is 0 Å². The second-order valence-electron chi connectivity index (χ2n) is 2.63. The highest BCUT2D eigenvalue weighted by Crippen LogP contribution is 2.22. The van der Waals surface area contributed by atoms with Crippen molar-refractivity contribution >= 4 is 0 Å². The highest BCUT2D eigenvalue weighted by Gasteiger charge is 2.03. The van der Waals surface area contributed by atoms with Gasteiger partial charge in [-0.15, -0.1) is 0 Å². The van der Waals surface area contributed by atoms with Crippen LogP contribution in [-0.4, -0.2) is 0 Å². The molecule has 1 aliphatic carbocycles. The molecule has 0 nitrogen and oxygen atoms in total. The van der Waals surface area contributed by atoms with Gasteiger partial charge in [0.1, 0.15) is 0 Å². The van der Waals surface area contributed by atoms with E-state index in [-0.39, 0.29) is 0 Å².